The van der Waals surface area contributed by atoms with Gasteiger partial charge in [0.15, 0.2) is 5.78 Å². The van der Waals surface area contributed by atoms with Crippen molar-refractivity contribution < 1.29 is 24.5 Å². The molecule has 0 aromatic rings. The summed E-state index contributed by atoms with van der Waals surface area (Å²) in [4.78, 5) is 23.2. The lowest BCUT2D eigenvalue weighted by atomic mass is 9.65. The zero-order valence-electron chi connectivity index (χ0n) is 8.71. The molecule has 2 N–H and O–H groups in total. The highest BCUT2D eigenvalue weighted by Gasteiger charge is 2.64. The maximum Gasteiger partial charge on any atom is 0.324 e. The van der Waals surface area contributed by atoms with Crippen molar-refractivity contribution in [3.05, 3.63) is 24.5 Å². The molecule has 1 fully saturated rings. The van der Waals surface area contributed by atoms with Crippen molar-refractivity contribution in [3.63, 3.8) is 0 Å². The van der Waals surface area contributed by atoms with E-state index in [1.54, 1.807) is 6.92 Å². The first-order chi connectivity index (χ1) is 7.42. The summed E-state index contributed by atoms with van der Waals surface area (Å²) in [6, 6.07) is 0. The molecule has 1 spiro atoms. The number of aliphatic hydroxyl groups excluding tert-OH is 2. The van der Waals surface area contributed by atoms with Crippen LogP contribution in [0.2, 0.25) is 0 Å². The molecule has 1 heterocycles. The average molecular weight is 224 g/mol. The first-order valence-corrected chi connectivity index (χ1v) is 4.91. The van der Waals surface area contributed by atoms with Gasteiger partial charge in [-0.3, -0.25) is 9.59 Å². The van der Waals surface area contributed by atoms with Crippen molar-refractivity contribution in [2.45, 2.75) is 19.1 Å². The zero-order chi connectivity index (χ0) is 12.1. The second-order valence-electron chi connectivity index (χ2n) is 4.14. The van der Waals surface area contributed by atoms with Crippen molar-refractivity contribution in [1.82, 2.24) is 0 Å². The molecule has 2 rings (SSSR count). The maximum absolute atomic E-state index is 11.7. The van der Waals surface area contributed by atoms with Gasteiger partial charge < -0.3 is 14.9 Å². The molecule has 5 nitrogen and oxygen atoms in total. The lowest BCUT2D eigenvalue weighted by Crippen LogP contribution is -2.55. The Bertz CT molecular complexity index is 411. The van der Waals surface area contributed by atoms with Crippen LogP contribution < -0.4 is 0 Å². The van der Waals surface area contributed by atoms with Gasteiger partial charge in [0.2, 0.25) is 0 Å². The number of ketones is 1. The number of aliphatic hydroxyl groups is 2. The Morgan fingerprint density at radius 3 is 2.50 bits per heavy atom. The van der Waals surface area contributed by atoms with Crippen LogP contribution in [0, 0.1) is 11.3 Å². The molecule has 0 aromatic heterocycles. The first-order valence-electron chi connectivity index (χ1n) is 4.91. The number of carbonyl (C=O) groups excluding carboxylic acids is 2. The van der Waals surface area contributed by atoms with Crippen molar-refractivity contribution in [3.8, 4) is 0 Å². The van der Waals surface area contributed by atoms with E-state index in [4.69, 9.17) is 4.74 Å². The molecule has 0 aromatic carbocycles. The number of cyclic esters (lactones) is 1. The number of carbonyl (C=O) groups is 2. The zero-order valence-corrected chi connectivity index (χ0v) is 8.71. The van der Waals surface area contributed by atoms with Crippen LogP contribution in [-0.4, -0.2) is 34.2 Å². The molecule has 0 saturated carbocycles. The fourth-order valence-electron chi connectivity index (χ4n) is 2.31. The number of allylic oxidation sites excluding steroid dienone is 1. The van der Waals surface area contributed by atoms with Gasteiger partial charge in [0.1, 0.15) is 23.4 Å². The van der Waals surface area contributed by atoms with Gasteiger partial charge >= 0.3 is 5.97 Å². The Balaban J connectivity index is 2.58. The quantitative estimate of drug-likeness (QED) is 0.544. The van der Waals surface area contributed by atoms with Gasteiger partial charge in [-0.15, -0.1) is 0 Å². The van der Waals surface area contributed by atoms with Crippen molar-refractivity contribution in [1.29, 1.82) is 0 Å². The highest BCUT2D eigenvalue weighted by molar-refractivity contribution is 6.01. The largest absolute Gasteiger partial charge is 0.428 e. The van der Waals surface area contributed by atoms with E-state index in [-0.39, 0.29) is 5.76 Å². The standard InChI is InChI=1S/C11H12O5/c1-5-3-4-7(12)9(14)11(5)8(13)6(2)16-10(11)15/h3-5,8-9,13-14H,2H2,1H3/t5-,8-,9+,11+/m1/s1. The van der Waals surface area contributed by atoms with E-state index >= 15 is 0 Å². The van der Waals surface area contributed by atoms with Crippen LogP contribution in [0.3, 0.4) is 0 Å². The van der Waals surface area contributed by atoms with Crippen molar-refractivity contribution in [2.24, 2.45) is 11.3 Å². The molecule has 1 aliphatic heterocycles. The van der Waals surface area contributed by atoms with E-state index in [2.05, 4.69) is 6.58 Å². The summed E-state index contributed by atoms with van der Waals surface area (Å²) >= 11 is 0. The van der Waals surface area contributed by atoms with E-state index in [0.29, 0.717) is 0 Å². The van der Waals surface area contributed by atoms with Crippen LogP contribution in [0.4, 0.5) is 0 Å². The van der Waals surface area contributed by atoms with Gasteiger partial charge in [0.05, 0.1) is 0 Å². The number of ether oxygens (including phenoxy) is 1. The number of hydrogen-bond acceptors (Lipinski definition) is 5. The van der Waals surface area contributed by atoms with Crippen molar-refractivity contribution in [2.75, 3.05) is 0 Å². The second-order valence-corrected chi connectivity index (χ2v) is 4.14. The molecule has 0 amide bonds. The van der Waals surface area contributed by atoms with E-state index in [1.165, 1.54) is 12.2 Å². The molecule has 1 aliphatic carbocycles. The summed E-state index contributed by atoms with van der Waals surface area (Å²) in [6.45, 7) is 5.02. The Morgan fingerprint density at radius 1 is 1.38 bits per heavy atom. The minimum atomic E-state index is -1.64. The Kier molecular flexibility index (Phi) is 2.25. The summed E-state index contributed by atoms with van der Waals surface area (Å²) in [5.74, 6) is -2.03. The van der Waals surface area contributed by atoms with Gasteiger partial charge in [-0.2, -0.15) is 0 Å². The Morgan fingerprint density at radius 2 is 2.00 bits per heavy atom. The second kappa shape index (κ2) is 3.26. The topological polar surface area (TPSA) is 83.8 Å². The Hall–Kier alpha value is -1.46. The lowest BCUT2D eigenvalue weighted by Gasteiger charge is -2.37. The third-order valence-corrected chi connectivity index (χ3v) is 3.36. The molecule has 2 aliphatic rings. The van der Waals surface area contributed by atoms with E-state index in [9.17, 15) is 19.8 Å². The highest BCUT2D eigenvalue weighted by atomic mass is 16.6. The summed E-state index contributed by atoms with van der Waals surface area (Å²) in [5.41, 5.74) is -1.64. The van der Waals surface area contributed by atoms with Crippen LogP contribution in [-0.2, 0) is 14.3 Å². The molecule has 0 radical (unpaired) electrons. The molecule has 0 bridgehead atoms. The first kappa shape index (κ1) is 11.0. The van der Waals surface area contributed by atoms with Gasteiger partial charge in [-0.1, -0.05) is 19.6 Å². The van der Waals surface area contributed by atoms with Crippen LogP contribution in [0.15, 0.2) is 24.5 Å². The smallest absolute Gasteiger partial charge is 0.324 e. The number of rotatable bonds is 0. The average Bonchev–Trinajstić information content (AvgIpc) is 2.45. The minimum absolute atomic E-state index is 0.126. The van der Waals surface area contributed by atoms with E-state index < -0.39 is 35.3 Å². The minimum Gasteiger partial charge on any atom is -0.428 e. The third kappa shape index (κ3) is 1.07. The van der Waals surface area contributed by atoms with Gasteiger partial charge in [-0.25, -0.2) is 0 Å². The SMILES string of the molecule is C=C1OC(=O)[C@@]2([C@H](C)C=CC(=O)[C@@H]2O)[C@@H]1O. The summed E-state index contributed by atoms with van der Waals surface area (Å²) in [6.07, 6.45) is -0.257. The molecule has 5 heteroatoms. The van der Waals surface area contributed by atoms with Gasteiger partial charge in [-0.05, 0) is 12.0 Å². The fourth-order valence-corrected chi connectivity index (χ4v) is 2.31. The van der Waals surface area contributed by atoms with Crippen LogP contribution >= 0.6 is 0 Å². The summed E-state index contributed by atoms with van der Waals surface area (Å²) < 4.78 is 4.73. The summed E-state index contributed by atoms with van der Waals surface area (Å²) in [5, 5.41) is 19.8. The van der Waals surface area contributed by atoms with E-state index in [1.807, 2.05) is 0 Å². The van der Waals surface area contributed by atoms with Crippen LogP contribution in [0.5, 0.6) is 0 Å². The van der Waals surface area contributed by atoms with Gasteiger partial charge in [0, 0.05) is 0 Å². The molecule has 0 unspecified atom stereocenters. The normalized spacial score (nSPS) is 42.9. The molecular formula is C11H12O5. The number of esters is 1. The summed E-state index contributed by atoms with van der Waals surface area (Å²) in [7, 11) is 0. The molecule has 4 atom stereocenters. The third-order valence-electron chi connectivity index (χ3n) is 3.36. The van der Waals surface area contributed by atoms with Crippen LogP contribution in [0.1, 0.15) is 6.92 Å². The van der Waals surface area contributed by atoms with Crippen LogP contribution in [0.25, 0.3) is 0 Å². The lowest BCUT2D eigenvalue weighted by molar-refractivity contribution is -0.163. The number of hydrogen-bond donors (Lipinski definition) is 2. The van der Waals surface area contributed by atoms with Crippen molar-refractivity contribution >= 4 is 11.8 Å². The maximum atomic E-state index is 11.7. The van der Waals surface area contributed by atoms with Gasteiger partial charge in [0.25, 0.3) is 0 Å². The highest BCUT2D eigenvalue weighted by Crippen LogP contribution is 2.47. The molecule has 16 heavy (non-hydrogen) atoms. The Labute approximate surface area is 92.0 Å². The predicted molar refractivity (Wildman–Crippen MR) is 53.0 cm³/mol. The molecule has 86 valence electrons. The molecular weight excluding hydrogens is 212 g/mol. The predicted octanol–water partition coefficient (Wildman–Crippen LogP) is -0.460. The van der Waals surface area contributed by atoms with E-state index in [0.717, 1.165) is 0 Å². The fraction of sp³-hybridized carbons (Fsp3) is 0.455. The molecule has 1 saturated heterocycles. The monoisotopic (exact) mass is 224 g/mol.